The van der Waals surface area contributed by atoms with Gasteiger partial charge >= 0.3 is 11.9 Å². The van der Waals surface area contributed by atoms with Gasteiger partial charge in [-0.25, -0.2) is 4.79 Å². The molecule has 0 bridgehead atoms. The van der Waals surface area contributed by atoms with Crippen molar-refractivity contribution in [2.75, 3.05) is 0 Å². The standard InChI is InChI=1S/C21H22ClN2O2/c22-18-12-6-4-8-15(18)14-23-19-13-7-5-11-17(19)20(25)24(21(23)26)16-9-2-1-3-10-16/h4-8,11-13,16-17H,1-3,9-10,14H2/q+1. The van der Waals surface area contributed by atoms with E-state index >= 15 is 0 Å². The third-order valence-electron chi connectivity index (χ3n) is 5.48. The number of urea groups is 1. The monoisotopic (exact) mass is 369 g/mol. The van der Waals surface area contributed by atoms with E-state index in [-0.39, 0.29) is 23.9 Å². The van der Waals surface area contributed by atoms with Crippen LogP contribution < -0.4 is 0 Å². The van der Waals surface area contributed by atoms with Gasteiger partial charge in [0, 0.05) is 10.6 Å². The number of imide groups is 1. The maximum absolute atomic E-state index is 13.3. The molecule has 1 atom stereocenters. The molecule has 2 aliphatic carbocycles. The Kier molecular flexibility index (Phi) is 4.77. The average Bonchev–Trinajstić information content (AvgIpc) is 2.67. The van der Waals surface area contributed by atoms with Crippen molar-refractivity contribution in [2.45, 2.75) is 44.7 Å². The van der Waals surface area contributed by atoms with Gasteiger partial charge in [0.1, 0.15) is 24.2 Å². The van der Waals surface area contributed by atoms with E-state index in [0.29, 0.717) is 11.6 Å². The summed E-state index contributed by atoms with van der Waals surface area (Å²) in [5.41, 5.74) is 1.63. The first-order valence-corrected chi connectivity index (χ1v) is 9.64. The van der Waals surface area contributed by atoms with Crippen molar-refractivity contribution >= 4 is 29.3 Å². The third-order valence-corrected chi connectivity index (χ3v) is 5.85. The molecule has 5 heteroatoms. The van der Waals surface area contributed by atoms with Crippen LogP contribution in [-0.2, 0) is 11.3 Å². The molecule has 0 N–H and O–H groups in total. The number of halogens is 1. The van der Waals surface area contributed by atoms with Crippen LogP contribution in [0.1, 0.15) is 37.7 Å². The number of carbonyl (C=O) groups excluding carboxylic acids is 2. The molecule has 1 aromatic carbocycles. The molecule has 1 aliphatic heterocycles. The lowest BCUT2D eigenvalue weighted by molar-refractivity contribution is -0.457. The molecule has 0 saturated heterocycles. The highest BCUT2D eigenvalue weighted by Crippen LogP contribution is 2.29. The fourth-order valence-electron chi connectivity index (χ4n) is 4.11. The molecule has 0 radical (unpaired) electrons. The van der Waals surface area contributed by atoms with Crippen LogP contribution in [0, 0.1) is 5.92 Å². The minimum absolute atomic E-state index is 0.0124. The SMILES string of the molecule is O=C1C2C=CC=CC2=[N+](Cc2ccccc2Cl)C(=O)N1C1CCCCC1. The molecular formula is C21H22ClN2O2+. The van der Waals surface area contributed by atoms with Crippen molar-refractivity contribution in [1.29, 1.82) is 0 Å². The van der Waals surface area contributed by atoms with E-state index in [1.165, 1.54) is 11.3 Å². The van der Waals surface area contributed by atoms with E-state index in [1.807, 2.05) is 48.6 Å². The molecule has 1 fully saturated rings. The van der Waals surface area contributed by atoms with Crippen LogP contribution in [0.5, 0.6) is 0 Å². The van der Waals surface area contributed by atoms with Gasteiger partial charge in [-0.15, -0.1) is 0 Å². The van der Waals surface area contributed by atoms with Gasteiger partial charge in [-0.05, 0) is 37.8 Å². The van der Waals surface area contributed by atoms with Crippen molar-refractivity contribution in [3.63, 3.8) is 0 Å². The second-order valence-electron chi connectivity index (χ2n) is 7.11. The van der Waals surface area contributed by atoms with E-state index in [2.05, 4.69) is 0 Å². The molecule has 1 unspecified atom stereocenters. The Balaban J connectivity index is 1.75. The number of hydrogen-bond donors (Lipinski definition) is 0. The van der Waals surface area contributed by atoms with Crippen LogP contribution in [0.4, 0.5) is 4.79 Å². The van der Waals surface area contributed by atoms with Crippen molar-refractivity contribution in [2.24, 2.45) is 5.92 Å². The Morgan fingerprint density at radius 1 is 1.08 bits per heavy atom. The summed E-state index contributed by atoms with van der Waals surface area (Å²) in [5.74, 6) is -0.477. The Hall–Kier alpha value is -2.20. The molecule has 1 heterocycles. The second kappa shape index (κ2) is 7.20. The number of fused-ring (bicyclic) bond motifs is 1. The fraction of sp³-hybridized carbons (Fsp3) is 0.381. The highest BCUT2D eigenvalue weighted by Gasteiger charge is 2.50. The lowest BCUT2D eigenvalue weighted by Gasteiger charge is -2.33. The molecule has 4 nitrogen and oxygen atoms in total. The summed E-state index contributed by atoms with van der Waals surface area (Å²) in [6, 6.07) is 7.34. The zero-order chi connectivity index (χ0) is 18.1. The molecule has 3 amide bonds. The Labute approximate surface area is 158 Å². The van der Waals surface area contributed by atoms with Gasteiger partial charge in [-0.1, -0.05) is 54.4 Å². The summed E-state index contributed by atoms with van der Waals surface area (Å²) in [5, 5.41) is 0.633. The fourth-order valence-corrected chi connectivity index (χ4v) is 4.31. The van der Waals surface area contributed by atoms with E-state index in [9.17, 15) is 9.59 Å². The highest BCUT2D eigenvalue weighted by molar-refractivity contribution is 6.31. The van der Waals surface area contributed by atoms with Crippen molar-refractivity contribution < 1.29 is 14.2 Å². The summed E-state index contributed by atoms with van der Waals surface area (Å²) in [6.07, 6.45) is 12.6. The summed E-state index contributed by atoms with van der Waals surface area (Å²) < 4.78 is 1.72. The average molecular weight is 370 g/mol. The number of rotatable bonds is 3. The Bertz CT molecular complexity index is 834. The molecular weight excluding hydrogens is 348 g/mol. The Morgan fingerprint density at radius 2 is 1.85 bits per heavy atom. The van der Waals surface area contributed by atoms with Gasteiger partial charge in [-0.2, -0.15) is 14.3 Å². The van der Waals surface area contributed by atoms with E-state index in [0.717, 1.165) is 37.0 Å². The van der Waals surface area contributed by atoms with E-state index in [4.69, 9.17) is 11.6 Å². The lowest BCUT2D eigenvalue weighted by atomic mass is 9.89. The zero-order valence-electron chi connectivity index (χ0n) is 14.6. The van der Waals surface area contributed by atoms with Gasteiger partial charge in [0.2, 0.25) is 0 Å². The zero-order valence-corrected chi connectivity index (χ0v) is 15.4. The summed E-state index contributed by atoms with van der Waals surface area (Å²) >= 11 is 6.32. The first-order valence-electron chi connectivity index (χ1n) is 9.26. The molecule has 0 spiro atoms. The molecule has 4 rings (SSSR count). The smallest absolute Gasteiger partial charge is 0.245 e. The minimum atomic E-state index is -0.387. The number of carbonyl (C=O) groups is 2. The largest absolute Gasteiger partial charge is 0.501 e. The van der Waals surface area contributed by atoms with Crippen LogP contribution in [-0.4, -0.2) is 33.2 Å². The van der Waals surface area contributed by atoms with Gasteiger partial charge in [-0.3, -0.25) is 0 Å². The number of hydrogen-bond acceptors (Lipinski definition) is 2. The number of benzene rings is 1. The maximum Gasteiger partial charge on any atom is 0.501 e. The van der Waals surface area contributed by atoms with Crippen LogP contribution in [0.3, 0.4) is 0 Å². The normalized spacial score (nSPS) is 23.6. The summed E-state index contributed by atoms with van der Waals surface area (Å²) in [6.45, 7) is 0.374. The van der Waals surface area contributed by atoms with Crippen LogP contribution >= 0.6 is 11.6 Å². The summed E-state index contributed by atoms with van der Waals surface area (Å²) in [4.78, 5) is 27.9. The Morgan fingerprint density at radius 3 is 2.62 bits per heavy atom. The molecule has 26 heavy (non-hydrogen) atoms. The molecule has 1 aromatic rings. The predicted molar refractivity (Wildman–Crippen MR) is 101 cm³/mol. The van der Waals surface area contributed by atoms with E-state index in [1.54, 1.807) is 4.58 Å². The summed E-state index contributed by atoms with van der Waals surface area (Å²) in [7, 11) is 0. The topological polar surface area (TPSA) is 40.4 Å². The van der Waals surface area contributed by atoms with Crippen LogP contribution in [0.25, 0.3) is 0 Å². The van der Waals surface area contributed by atoms with Gasteiger partial charge in [0.05, 0.1) is 0 Å². The van der Waals surface area contributed by atoms with E-state index < -0.39 is 0 Å². The maximum atomic E-state index is 13.3. The number of allylic oxidation sites excluding steroid dienone is 3. The van der Waals surface area contributed by atoms with Crippen molar-refractivity contribution in [3.8, 4) is 0 Å². The first kappa shape index (κ1) is 17.2. The van der Waals surface area contributed by atoms with Gasteiger partial charge < -0.3 is 0 Å². The number of amides is 3. The quantitative estimate of drug-likeness (QED) is 0.744. The van der Waals surface area contributed by atoms with Crippen LogP contribution in [0.2, 0.25) is 5.02 Å². The van der Waals surface area contributed by atoms with Gasteiger partial charge in [0.15, 0.2) is 0 Å². The lowest BCUT2D eigenvalue weighted by Crippen LogP contribution is -2.57. The van der Waals surface area contributed by atoms with Crippen molar-refractivity contribution in [1.82, 2.24) is 4.90 Å². The molecule has 0 aromatic heterocycles. The van der Waals surface area contributed by atoms with Gasteiger partial charge in [0.25, 0.3) is 0 Å². The number of nitrogens with zero attached hydrogens (tertiary/aromatic N) is 2. The van der Waals surface area contributed by atoms with Crippen LogP contribution in [0.15, 0.2) is 48.6 Å². The molecule has 3 aliphatic rings. The minimum Gasteiger partial charge on any atom is -0.245 e. The first-order chi connectivity index (χ1) is 12.7. The van der Waals surface area contributed by atoms with Crippen molar-refractivity contribution in [3.05, 3.63) is 59.2 Å². The molecule has 134 valence electrons. The predicted octanol–water partition coefficient (Wildman–Crippen LogP) is 4.33. The molecule has 1 saturated carbocycles. The third kappa shape index (κ3) is 3.03. The second-order valence-corrected chi connectivity index (χ2v) is 7.51. The highest BCUT2D eigenvalue weighted by atomic mass is 35.5.